The lowest BCUT2D eigenvalue weighted by atomic mass is 9.98. The molecule has 0 spiro atoms. The van der Waals surface area contributed by atoms with E-state index >= 15 is 0 Å². The number of nitrogens with two attached hydrogens (primary N) is 2. The third kappa shape index (κ3) is 3.14. The number of anilines is 2. The number of nitro benzene ring substituents is 1. The number of rotatable bonds is 3. The van der Waals surface area contributed by atoms with Crippen LogP contribution in [0.2, 0.25) is 0 Å². The fraction of sp³-hybridized carbons (Fsp3) is 0.125. The van der Waals surface area contributed by atoms with Crippen molar-refractivity contribution in [3.8, 4) is 16.9 Å². The monoisotopic (exact) mass is 379 g/mol. The molecule has 140 valence electrons. The summed E-state index contributed by atoms with van der Waals surface area (Å²) in [4.78, 5) is 18.7. The van der Waals surface area contributed by atoms with Crippen molar-refractivity contribution >= 4 is 28.4 Å². The number of methoxy groups -OCH3 is 1. The highest BCUT2D eigenvalue weighted by atomic mass is 19.4. The van der Waals surface area contributed by atoms with Crippen LogP contribution in [0.5, 0.6) is 5.75 Å². The minimum atomic E-state index is -4.73. The Morgan fingerprint density at radius 1 is 1.11 bits per heavy atom. The number of nitrogen functional groups attached to an aromatic ring is 2. The average molecular weight is 379 g/mol. The highest BCUT2D eigenvalue weighted by Gasteiger charge is 2.35. The lowest BCUT2D eigenvalue weighted by molar-refractivity contribution is -0.384. The molecule has 0 radical (unpaired) electrons. The molecule has 3 rings (SSSR count). The van der Waals surface area contributed by atoms with Crippen LogP contribution in [0.25, 0.3) is 22.2 Å². The maximum atomic E-state index is 13.3. The molecular formula is C16H12F3N5O3. The van der Waals surface area contributed by atoms with E-state index in [1.54, 1.807) is 0 Å². The first kappa shape index (κ1) is 18.2. The quantitative estimate of drug-likeness (QED) is 0.527. The van der Waals surface area contributed by atoms with Crippen molar-refractivity contribution in [1.29, 1.82) is 0 Å². The van der Waals surface area contributed by atoms with Gasteiger partial charge in [-0.3, -0.25) is 10.1 Å². The lowest BCUT2D eigenvalue weighted by Gasteiger charge is -2.14. The Morgan fingerprint density at radius 2 is 1.78 bits per heavy atom. The number of hydrogen-bond donors (Lipinski definition) is 2. The van der Waals surface area contributed by atoms with Crippen molar-refractivity contribution in [2.75, 3.05) is 18.6 Å². The summed E-state index contributed by atoms with van der Waals surface area (Å²) < 4.78 is 44.8. The summed E-state index contributed by atoms with van der Waals surface area (Å²) in [7, 11) is 1.10. The molecule has 2 aromatic carbocycles. The summed E-state index contributed by atoms with van der Waals surface area (Å²) in [5.41, 5.74) is 9.60. The first-order valence-corrected chi connectivity index (χ1v) is 7.39. The van der Waals surface area contributed by atoms with Crippen LogP contribution in [0, 0.1) is 10.1 Å². The Morgan fingerprint density at radius 3 is 2.37 bits per heavy atom. The normalized spacial score (nSPS) is 11.6. The summed E-state index contributed by atoms with van der Waals surface area (Å²) >= 11 is 0. The number of ether oxygens (including phenoxy) is 1. The fourth-order valence-corrected chi connectivity index (χ4v) is 2.66. The molecule has 0 aliphatic heterocycles. The zero-order valence-electron chi connectivity index (χ0n) is 13.7. The van der Waals surface area contributed by atoms with E-state index in [0.29, 0.717) is 0 Å². The first-order valence-electron chi connectivity index (χ1n) is 7.39. The molecule has 8 nitrogen and oxygen atoms in total. The van der Waals surface area contributed by atoms with Gasteiger partial charge in [0.15, 0.2) is 11.6 Å². The summed E-state index contributed by atoms with van der Waals surface area (Å²) in [6.07, 6.45) is -4.73. The third-order valence-corrected chi connectivity index (χ3v) is 3.86. The summed E-state index contributed by atoms with van der Waals surface area (Å²) in [5.74, 6) is -0.689. The number of nitrogens with zero attached hydrogens (tertiary/aromatic N) is 3. The molecular weight excluding hydrogens is 367 g/mol. The Hall–Kier alpha value is -3.63. The molecule has 0 aliphatic carbocycles. The van der Waals surface area contributed by atoms with Gasteiger partial charge < -0.3 is 16.2 Å². The van der Waals surface area contributed by atoms with E-state index in [9.17, 15) is 23.3 Å². The zero-order valence-corrected chi connectivity index (χ0v) is 13.7. The second-order valence-corrected chi connectivity index (χ2v) is 5.49. The van der Waals surface area contributed by atoms with Crippen LogP contribution in [0.15, 0.2) is 30.3 Å². The van der Waals surface area contributed by atoms with Gasteiger partial charge in [0.25, 0.3) is 5.69 Å². The van der Waals surface area contributed by atoms with Gasteiger partial charge in [-0.05, 0) is 23.8 Å². The predicted octanol–water partition coefficient (Wildman–Crippen LogP) is 3.40. The summed E-state index contributed by atoms with van der Waals surface area (Å²) in [6.45, 7) is 0. The second kappa shape index (κ2) is 6.27. The van der Waals surface area contributed by atoms with Crippen molar-refractivity contribution in [2.24, 2.45) is 0 Å². The molecule has 1 aromatic heterocycles. The molecule has 1 heterocycles. The van der Waals surface area contributed by atoms with Gasteiger partial charge in [0.05, 0.1) is 28.7 Å². The van der Waals surface area contributed by atoms with E-state index in [0.717, 1.165) is 25.3 Å². The second-order valence-electron chi connectivity index (χ2n) is 5.49. The molecule has 4 N–H and O–H groups in total. The van der Waals surface area contributed by atoms with Crippen molar-refractivity contribution in [2.45, 2.75) is 6.18 Å². The minimum Gasteiger partial charge on any atom is -0.496 e. The molecule has 0 fully saturated rings. The van der Waals surface area contributed by atoms with Gasteiger partial charge >= 0.3 is 6.18 Å². The van der Waals surface area contributed by atoms with Crippen molar-refractivity contribution in [3.05, 3.63) is 46.0 Å². The van der Waals surface area contributed by atoms with E-state index in [1.165, 1.54) is 12.1 Å². The van der Waals surface area contributed by atoms with Crippen LogP contribution >= 0.6 is 0 Å². The molecule has 0 bridgehead atoms. The minimum absolute atomic E-state index is 0.0332. The number of alkyl halides is 3. The fourth-order valence-electron chi connectivity index (χ4n) is 2.66. The Balaban J connectivity index is 2.41. The van der Waals surface area contributed by atoms with Gasteiger partial charge in [-0.1, -0.05) is 6.07 Å². The lowest BCUT2D eigenvalue weighted by Crippen LogP contribution is -2.08. The number of aromatic nitrogens is 2. The van der Waals surface area contributed by atoms with Crippen LogP contribution in [-0.2, 0) is 6.18 Å². The third-order valence-electron chi connectivity index (χ3n) is 3.86. The van der Waals surface area contributed by atoms with Gasteiger partial charge in [0, 0.05) is 6.07 Å². The number of halogens is 3. The largest absolute Gasteiger partial charge is 0.496 e. The van der Waals surface area contributed by atoms with E-state index in [2.05, 4.69) is 9.97 Å². The van der Waals surface area contributed by atoms with Gasteiger partial charge in [0.2, 0.25) is 0 Å². The molecule has 0 atom stereocenters. The Bertz CT molecular complexity index is 1070. The molecule has 0 unspecified atom stereocenters. The molecule has 3 aromatic rings. The van der Waals surface area contributed by atoms with Crippen molar-refractivity contribution in [3.63, 3.8) is 0 Å². The van der Waals surface area contributed by atoms with Gasteiger partial charge in [-0.25, -0.2) is 9.97 Å². The van der Waals surface area contributed by atoms with Crippen LogP contribution in [-0.4, -0.2) is 22.0 Å². The van der Waals surface area contributed by atoms with Crippen molar-refractivity contribution < 1.29 is 22.8 Å². The molecule has 0 amide bonds. The van der Waals surface area contributed by atoms with E-state index in [1.807, 2.05) is 0 Å². The number of hydrogen-bond acceptors (Lipinski definition) is 7. The number of fused-ring (bicyclic) bond motifs is 1. The number of nitro groups is 1. The smallest absolute Gasteiger partial charge is 0.419 e. The zero-order chi connectivity index (χ0) is 19.9. The highest BCUT2D eigenvalue weighted by molar-refractivity contribution is 5.98. The van der Waals surface area contributed by atoms with Gasteiger partial charge in [-0.2, -0.15) is 13.2 Å². The first-order chi connectivity index (χ1) is 12.6. The molecule has 0 aliphatic rings. The topological polar surface area (TPSA) is 130 Å². The molecule has 27 heavy (non-hydrogen) atoms. The van der Waals surface area contributed by atoms with Crippen LogP contribution in [0.4, 0.5) is 30.5 Å². The maximum Gasteiger partial charge on any atom is 0.419 e. The molecule has 11 heteroatoms. The van der Waals surface area contributed by atoms with E-state index in [4.69, 9.17) is 16.2 Å². The maximum absolute atomic E-state index is 13.3. The van der Waals surface area contributed by atoms with Gasteiger partial charge in [-0.15, -0.1) is 0 Å². The van der Waals surface area contributed by atoms with Crippen LogP contribution in [0.1, 0.15) is 5.56 Å². The average Bonchev–Trinajstić information content (AvgIpc) is 2.60. The number of benzene rings is 2. The van der Waals surface area contributed by atoms with Gasteiger partial charge in [0.1, 0.15) is 11.3 Å². The SMILES string of the molecule is COc1ccc(-c2c([N+](=O)[O-])ccc3nc(N)c(N)nc23)cc1C(F)(F)F. The van der Waals surface area contributed by atoms with E-state index < -0.39 is 28.1 Å². The summed E-state index contributed by atoms with van der Waals surface area (Å²) in [6, 6.07) is 5.53. The van der Waals surface area contributed by atoms with Crippen molar-refractivity contribution in [1.82, 2.24) is 9.97 Å². The summed E-state index contributed by atoms with van der Waals surface area (Å²) in [5, 5.41) is 11.5. The molecule has 0 saturated heterocycles. The van der Waals surface area contributed by atoms with E-state index in [-0.39, 0.29) is 33.8 Å². The molecule has 0 saturated carbocycles. The highest BCUT2D eigenvalue weighted by Crippen LogP contribution is 2.42. The standard InChI is InChI=1S/C16H12F3N5O3/c1-27-11-5-2-7(6-8(11)16(17,18)19)12-10(24(25)26)4-3-9-13(12)23-15(21)14(20)22-9/h2-6H,1H3,(H2,20,22)(H2,21,23). The Labute approximate surface area is 149 Å². The predicted molar refractivity (Wildman–Crippen MR) is 92.0 cm³/mol. The Kier molecular flexibility index (Phi) is 4.22. The van der Waals surface area contributed by atoms with Crippen LogP contribution in [0.3, 0.4) is 0 Å². The van der Waals surface area contributed by atoms with Crippen LogP contribution < -0.4 is 16.2 Å².